The van der Waals surface area contributed by atoms with Gasteiger partial charge in [-0.25, -0.2) is 9.97 Å². The predicted molar refractivity (Wildman–Crippen MR) is 93.0 cm³/mol. The van der Waals surface area contributed by atoms with Crippen LogP contribution in [-0.2, 0) is 0 Å². The third-order valence-corrected chi connectivity index (χ3v) is 4.50. The van der Waals surface area contributed by atoms with Crippen LogP contribution in [0.3, 0.4) is 0 Å². The van der Waals surface area contributed by atoms with Gasteiger partial charge in [0.15, 0.2) is 0 Å². The Morgan fingerprint density at radius 2 is 1.89 bits per heavy atom. The van der Waals surface area contributed by atoms with Gasteiger partial charge in [-0.15, -0.1) is 0 Å². The van der Waals surface area contributed by atoms with Crippen LogP contribution in [0.15, 0.2) is 47.6 Å². The maximum atomic E-state index is 13.5. The number of amides is 1. The third-order valence-electron chi connectivity index (χ3n) is 3.77. The van der Waals surface area contributed by atoms with Gasteiger partial charge in [0.25, 0.3) is 11.7 Å². The van der Waals surface area contributed by atoms with Crippen LogP contribution in [0.25, 0.3) is 11.0 Å². The van der Waals surface area contributed by atoms with Gasteiger partial charge in [0.1, 0.15) is 10.9 Å². The molecule has 0 bridgehead atoms. The molecule has 0 saturated carbocycles. The zero-order chi connectivity index (χ0) is 19.6. The first-order valence-electron chi connectivity index (χ1n) is 7.84. The number of thioether (sulfide) groups is 1. The van der Waals surface area contributed by atoms with Crippen molar-refractivity contribution in [2.24, 2.45) is 0 Å². The Morgan fingerprint density at radius 1 is 1.15 bits per heavy atom. The summed E-state index contributed by atoms with van der Waals surface area (Å²) >= 11 is 0.142. The first-order chi connectivity index (χ1) is 12.9. The van der Waals surface area contributed by atoms with Crippen LogP contribution in [0.2, 0.25) is 0 Å². The van der Waals surface area contributed by atoms with Gasteiger partial charge in [0.2, 0.25) is 0 Å². The lowest BCUT2D eigenvalue weighted by atomic mass is 10.2. The fraction of sp³-hybridized carbons (Fsp3) is 0.235. The molecule has 10 heteroatoms. The van der Waals surface area contributed by atoms with Gasteiger partial charge in [0, 0.05) is 6.20 Å². The minimum atomic E-state index is -2.85. The maximum absolute atomic E-state index is 13.5. The number of aromatic nitrogens is 3. The van der Waals surface area contributed by atoms with Crippen molar-refractivity contribution in [3.63, 3.8) is 0 Å². The highest BCUT2D eigenvalue weighted by Gasteiger charge is 2.24. The summed E-state index contributed by atoms with van der Waals surface area (Å²) in [5, 5.41) is 2.39. The average Bonchev–Trinajstić information content (AvgIpc) is 3.01. The van der Waals surface area contributed by atoms with Crippen LogP contribution in [0.4, 0.5) is 17.6 Å². The van der Waals surface area contributed by atoms with Gasteiger partial charge < -0.3 is 5.32 Å². The Balaban J connectivity index is 1.90. The van der Waals surface area contributed by atoms with Crippen LogP contribution in [0.5, 0.6) is 0 Å². The second-order valence-electron chi connectivity index (χ2n) is 5.54. The number of hydrogen-bond acceptors (Lipinski definition) is 4. The Kier molecular flexibility index (Phi) is 5.64. The number of nitrogens with one attached hydrogen (secondary N) is 1. The highest BCUT2D eigenvalue weighted by molar-refractivity contribution is 7.99. The highest BCUT2D eigenvalue weighted by Crippen LogP contribution is 2.28. The van der Waals surface area contributed by atoms with Gasteiger partial charge >= 0.3 is 6.55 Å². The number of fused-ring (bicyclic) bond motifs is 1. The minimum absolute atomic E-state index is 0.0356. The summed E-state index contributed by atoms with van der Waals surface area (Å²) in [6.45, 7) is -1.36. The van der Waals surface area contributed by atoms with Crippen molar-refractivity contribution in [3.8, 4) is 0 Å². The number of imidazole rings is 1. The van der Waals surface area contributed by atoms with Crippen LogP contribution < -0.4 is 5.32 Å². The van der Waals surface area contributed by atoms with Gasteiger partial charge in [-0.1, -0.05) is 12.1 Å². The molecule has 0 spiro atoms. The fourth-order valence-electron chi connectivity index (χ4n) is 2.65. The number of hydrogen-bond donors (Lipinski definition) is 1. The number of alkyl halides is 4. The molecule has 0 aliphatic heterocycles. The van der Waals surface area contributed by atoms with Crippen molar-refractivity contribution in [1.82, 2.24) is 19.9 Å². The summed E-state index contributed by atoms with van der Waals surface area (Å²) in [7, 11) is 0. The summed E-state index contributed by atoms with van der Waals surface area (Å²) in [4.78, 5) is 20.5. The molecule has 1 aromatic carbocycles. The van der Waals surface area contributed by atoms with E-state index in [-0.39, 0.29) is 33.7 Å². The fourth-order valence-corrected chi connectivity index (χ4v) is 3.23. The standard InChI is InChI=1S/C17H14F4N4OS/c1-9(13-24-11-6-2-3-7-12(11)25(13)16(18)19)23-14(26)10-5-4-8-22-15(10)27-17(20)21/h2-9,16-17H,1H3,(H,23,26)/t9-/m0/s1. The zero-order valence-corrected chi connectivity index (χ0v) is 14.8. The van der Waals surface area contributed by atoms with Crippen molar-refractivity contribution >= 4 is 28.7 Å². The lowest BCUT2D eigenvalue weighted by Gasteiger charge is -2.16. The summed E-state index contributed by atoms with van der Waals surface area (Å²) in [6.07, 6.45) is 1.29. The molecule has 0 radical (unpaired) electrons. The molecule has 1 atom stereocenters. The largest absolute Gasteiger partial charge is 0.342 e. The van der Waals surface area contributed by atoms with Gasteiger partial charge in [-0.2, -0.15) is 17.6 Å². The molecule has 1 amide bonds. The van der Waals surface area contributed by atoms with E-state index in [1.807, 2.05) is 0 Å². The molecule has 5 nitrogen and oxygen atoms in total. The molecular weight excluding hydrogens is 384 g/mol. The van der Waals surface area contributed by atoms with Crippen molar-refractivity contribution < 1.29 is 22.4 Å². The van der Waals surface area contributed by atoms with E-state index < -0.39 is 24.3 Å². The molecule has 0 saturated heterocycles. The quantitative estimate of drug-likeness (QED) is 0.486. The number of pyridine rings is 1. The van der Waals surface area contributed by atoms with Crippen molar-refractivity contribution in [3.05, 3.63) is 54.0 Å². The summed E-state index contributed by atoms with van der Waals surface area (Å²) in [6, 6.07) is 8.26. The Bertz CT molecular complexity index is 963. The average molecular weight is 398 g/mol. The number of halogens is 4. The molecule has 3 rings (SSSR count). The number of rotatable bonds is 6. The van der Waals surface area contributed by atoms with E-state index in [1.54, 1.807) is 18.2 Å². The second kappa shape index (κ2) is 7.95. The van der Waals surface area contributed by atoms with Gasteiger partial charge in [-0.3, -0.25) is 9.36 Å². The van der Waals surface area contributed by atoms with Crippen LogP contribution >= 0.6 is 11.8 Å². The lowest BCUT2D eigenvalue weighted by Crippen LogP contribution is -2.29. The van der Waals surface area contributed by atoms with E-state index in [9.17, 15) is 22.4 Å². The number of para-hydroxylation sites is 2. The second-order valence-corrected chi connectivity index (χ2v) is 6.51. The predicted octanol–water partition coefficient (Wildman–Crippen LogP) is 4.63. The molecule has 3 aromatic rings. The van der Waals surface area contributed by atoms with Crippen molar-refractivity contribution in [1.29, 1.82) is 0 Å². The van der Waals surface area contributed by atoms with Gasteiger partial charge in [-0.05, 0) is 43.0 Å². The third kappa shape index (κ3) is 4.05. The molecule has 0 unspecified atom stereocenters. The highest BCUT2D eigenvalue weighted by atomic mass is 32.2. The minimum Gasteiger partial charge on any atom is -0.342 e. The Hall–Kier alpha value is -2.62. The Morgan fingerprint density at radius 3 is 2.59 bits per heavy atom. The molecule has 27 heavy (non-hydrogen) atoms. The van der Waals surface area contributed by atoms with E-state index in [0.717, 1.165) is 4.57 Å². The molecule has 0 fully saturated rings. The number of nitrogens with zero attached hydrogens (tertiary/aromatic N) is 3. The monoisotopic (exact) mass is 398 g/mol. The van der Waals surface area contributed by atoms with Crippen LogP contribution in [-0.4, -0.2) is 26.2 Å². The van der Waals surface area contributed by atoms with E-state index in [4.69, 9.17) is 0 Å². The van der Waals surface area contributed by atoms with Gasteiger partial charge in [0.05, 0.1) is 22.6 Å². The summed E-state index contributed by atoms with van der Waals surface area (Å²) < 4.78 is 53.1. The Labute approximate surface area is 155 Å². The zero-order valence-electron chi connectivity index (χ0n) is 13.9. The maximum Gasteiger partial charge on any atom is 0.320 e. The van der Waals surface area contributed by atoms with E-state index in [1.165, 1.54) is 31.3 Å². The smallest absolute Gasteiger partial charge is 0.320 e. The first kappa shape index (κ1) is 19.2. The molecular formula is C17H14F4N4OS. The van der Waals surface area contributed by atoms with Crippen LogP contribution in [0, 0.1) is 0 Å². The number of benzene rings is 1. The molecule has 0 aliphatic carbocycles. The van der Waals surface area contributed by atoms with Crippen molar-refractivity contribution in [2.75, 3.05) is 0 Å². The molecule has 2 aromatic heterocycles. The SMILES string of the molecule is C[C@H](NC(=O)c1cccnc1SC(F)F)c1nc2ccccc2n1C(F)F. The molecule has 2 heterocycles. The van der Waals surface area contributed by atoms with Crippen LogP contribution in [0.1, 0.15) is 35.7 Å². The normalized spacial score (nSPS) is 12.7. The number of carbonyl (C=O) groups excluding carboxylic acids is 1. The topological polar surface area (TPSA) is 59.8 Å². The van der Waals surface area contributed by atoms with E-state index in [0.29, 0.717) is 5.52 Å². The molecule has 1 N–H and O–H groups in total. The molecule has 142 valence electrons. The lowest BCUT2D eigenvalue weighted by molar-refractivity contribution is 0.0687. The van der Waals surface area contributed by atoms with E-state index >= 15 is 0 Å². The molecule has 0 aliphatic rings. The summed E-state index contributed by atoms with van der Waals surface area (Å²) in [5.41, 5.74) is 0.539. The van der Waals surface area contributed by atoms with Crippen molar-refractivity contribution in [2.45, 2.75) is 30.3 Å². The first-order valence-corrected chi connectivity index (χ1v) is 8.72. The van der Waals surface area contributed by atoms with E-state index in [2.05, 4.69) is 15.3 Å². The summed E-state index contributed by atoms with van der Waals surface area (Å²) in [5.74, 6) is -3.48. The number of carbonyl (C=O) groups is 1.